The molecule has 0 atom stereocenters. The third-order valence-corrected chi connectivity index (χ3v) is 21.5. The van der Waals surface area contributed by atoms with Gasteiger partial charge in [-0.25, -0.2) is 0 Å². The summed E-state index contributed by atoms with van der Waals surface area (Å²) in [6, 6.07) is 33.6. The van der Waals surface area contributed by atoms with Crippen molar-refractivity contribution in [2.24, 2.45) is 41.8 Å². The summed E-state index contributed by atoms with van der Waals surface area (Å²) in [5.74, 6) is 4.83. The van der Waals surface area contributed by atoms with Crippen LogP contribution in [0.5, 0.6) is 0 Å². The summed E-state index contributed by atoms with van der Waals surface area (Å²) < 4.78 is 20.5. The van der Waals surface area contributed by atoms with Gasteiger partial charge in [-0.2, -0.15) is 0 Å². The van der Waals surface area contributed by atoms with Crippen molar-refractivity contribution in [1.29, 1.82) is 0 Å². The van der Waals surface area contributed by atoms with E-state index >= 15 is 0 Å². The summed E-state index contributed by atoms with van der Waals surface area (Å²) in [5, 5.41) is 3.88. The molecule has 6 heterocycles. The van der Waals surface area contributed by atoms with Crippen LogP contribution in [-0.4, -0.2) is 61.9 Å². The number of aromatic nitrogens is 2. The molecule has 0 spiro atoms. The van der Waals surface area contributed by atoms with Gasteiger partial charge < -0.3 is 0 Å². The summed E-state index contributed by atoms with van der Waals surface area (Å²) in [5.41, 5.74) is 5.29. The number of hydrogen-bond acceptors (Lipinski definition) is 8. The van der Waals surface area contributed by atoms with Crippen molar-refractivity contribution in [2.45, 2.75) is 64.2 Å². The normalized spacial score (nSPS) is 19.5. The van der Waals surface area contributed by atoms with Crippen molar-refractivity contribution in [2.75, 3.05) is 13.2 Å². The van der Waals surface area contributed by atoms with Gasteiger partial charge in [-0.15, -0.1) is 0 Å². The number of nitrogens with zero attached hydrogens (tertiary/aromatic N) is 8. The van der Waals surface area contributed by atoms with Crippen LogP contribution >= 0.6 is 0 Å². The monoisotopic (exact) mass is 858 g/mol. The first-order valence-electron chi connectivity index (χ1n) is 20.8. The van der Waals surface area contributed by atoms with Crippen LogP contribution < -0.4 is 11.0 Å². The van der Waals surface area contributed by atoms with Gasteiger partial charge in [0.1, 0.15) is 0 Å². The van der Waals surface area contributed by atoms with Gasteiger partial charge in [-0.05, 0) is 0 Å². The zero-order chi connectivity index (χ0) is 37.5. The molecule has 0 N–H and O–H groups in total. The van der Waals surface area contributed by atoms with Gasteiger partial charge in [0, 0.05) is 0 Å². The molecule has 12 rings (SSSR count). The van der Waals surface area contributed by atoms with E-state index in [1.807, 2.05) is 0 Å². The molecular weight excluding hydrogens is 815 g/mol. The molecule has 57 heavy (non-hydrogen) atoms. The molecule has 4 aliphatic heterocycles. The first-order chi connectivity index (χ1) is 28.2. The maximum absolute atomic E-state index is 7.91. The number of amidine groups is 4. The van der Waals surface area contributed by atoms with Crippen LogP contribution in [-0.2, 0) is 6.15 Å². The Labute approximate surface area is 335 Å². The van der Waals surface area contributed by atoms with E-state index in [-0.39, 0.29) is 0 Å². The minimum absolute atomic E-state index is 0.420. The van der Waals surface area contributed by atoms with Crippen LogP contribution in [0, 0.1) is 11.8 Å². The van der Waals surface area contributed by atoms with Gasteiger partial charge >= 0.3 is 338 Å². The van der Waals surface area contributed by atoms with Crippen molar-refractivity contribution in [3.63, 3.8) is 0 Å². The molecule has 4 aromatic carbocycles. The molecule has 6 aliphatic rings. The second-order valence-electron chi connectivity index (χ2n) is 16.3. The fourth-order valence-corrected chi connectivity index (χ4v) is 19.8. The summed E-state index contributed by atoms with van der Waals surface area (Å²) in [6.07, 6.45) is 12.0. The van der Waals surface area contributed by atoms with Crippen molar-refractivity contribution in [3.05, 3.63) is 130 Å². The quantitative estimate of drug-likeness (QED) is 0.157. The van der Waals surface area contributed by atoms with Crippen LogP contribution in [0.1, 0.15) is 86.5 Å². The molecule has 282 valence electrons. The molecule has 0 radical (unpaired) electrons. The number of benzene rings is 4. The molecule has 2 aromatic heterocycles. The fourth-order valence-electron chi connectivity index (χ4n) is 9.89. The average molecular weight is 858 g/mol. The predicted octanol–water partition coefficient (Wildman–Crippen LogP) is 8.57. The van der Waals surface area contributed by atoms with E-state index in [1.54, 1.807) is 0 Å². The second-order valence-corrected chi connectivity index (χ2v) is 23.6. The van der Waals surface area contributed by atoms with Crippen LogP contribution in [0.25, 0.3) is 21.5 Å². The standard InChI is InChI=1S/C32H16N8.2C7H13O.Sn/c1-2-10-18-17(9-1)25-33-26(18)38-28-21-13-5-6-14-22(21)30(35-28)40-32-24-16-8-7-15-23(24)31(36-32)39-29-20-12-4-3-11-19(20)27(34-29)37-25;2*8-6-7-4-2-1-3-5-7;/h1-16H;2*7H,1-6H2;/q-2;2*-1;+4. The number of hydrogen-bond donors (Lipinski definition) is 0. The minimum atomic E-state index is -5.29. The van der Waals surface area contributed by atoms with Crippen LogP contribution in [0.4, 0.5) is 11.6 Å². The van der Waals surface area contributed by atoms with E-state index in [1.165, 1.54) is 38.5 Å². The van der Waals surface area contributed by atoms with Crippen molar-refractivity contribution in [3.8, 4) is 0 Å². The van der Waals surface area contributed by atoms with Gasteiger partial charge in [-0.1, -0.05) is 0 Å². The molecule has 0 amide bonds. The van der Waals surface area contributed by atoms with Crippen molar-refractivity contribution >= 4 is 76.3 Å². The van der Waals surface area contributed by atoms with Crippen molar-refractivity contribution in [1.82, 2.24) is 5.58 Å². The Kier molecular flexibility index (Phi) is 8.08. The van der Waals surface area contributed by atoms with E-state index in [9.17, 15) is 0 Å². The van der Waals surface area contributed by atoms with Crippen LogP contribution in [0.15, 0.2) is 127 Å². The predicted molar refractivity (Wildman–Crippen MR) is 226 cm³/mol. The van der Waals surface area contributed by atoms with Crippen LogP contribution in [0.3, 0.4) is 0 Å². The first-order valence-corrected chi connectivity index (χ1v) is 25.7. The van der Waals surface area contributed by atoms with E-state index in [0.29, 0.717) is 48.4 Å². The van der Waals surface area contributed by atoms with Gasteiger partial charge in [0.25, 0.3) is 0 Å². The molecule has 6 aromatic rings. The molecule has 0 unspecified atom stereocenters. The summed E-state index contributed by atoms with van der Waals surface area (Å²) in [7, 11) is 0. The Morgan fingerprint density at radius 3 is 1.21 bits per heavy atom. The SMILES string of the molecule is c1ccc2c(c1)C1=NC2=Nc2c3ccccc3c3[n]2[Sn]([O]CC2CCCCC2)([O]CC2CCCCC2)[n]2c(c4ccccc4c2=NC2=NC(=N3)c3ccccc32)=N1. The zero-order valence-electron chi connectivity index (χ0n) is 31.8. The Bertz CT molecular complexity index is 2720. The summed E-state index contributed by atoms with van der Waals surface area (Å²) in [4.78, 5) is 32.8. The Hall–Kier alpha value is -5.04. The number of aliphatic imine (C=N–C) groups is 4. The van der Waals surface area contributed by atoms with Gasteiger partial charge in [0.15, 0.2) is 0 Å². The van der Waals surface area contributed by atoms with Crippen molar-refractivity contribution < 1.29 is 6.15 Å². The first kappa shape index (κ1) is 34.0. The Balaban J connectivity index is 1.29. The molecule has 6 bridgehead atoms. The third kappa shape index (κ3) is 5.36. The summed E-state index contributed by atoms with van der Waals surface area (Å²) >= 11 is -5.29. The van der Waals surface area contributed by atoms with Gasteiger partial charge in [0.2, 0.25) is 0 Å². The zero-order valence-corrected chi connectivity index (χ0v) is 34.6. The maximum atomic E-state index is 7.91. The molecular formula is C46H42N8O2Sn. The molecule has 2 saturated carbocycles. The van der Waals surface area contributed by atoms with Crippen LogP contribution in [0.2, 0.25) is 0 Å². The Morgan fingerprint density at radius 1 is 0.421 bits per heavy atom. The van der Waals surface area contributed by atoms with Gasteiger partial charge in [-0.3, -0.25) is 0 Å². The molecule has 11 heteroatoms. The number of fused-ring (bicyclic) bond motifs is 14. The van der Waals surface area contributed by atoms with E-state index in [2.05, 4.69) is 103 Å². The summed E-state index contributed by atoms with van der Waals surface area (Å²) in [6.45, 7) is 1.16. The molecule has 0 saturated heterocycles. The number of rotatable bonds is 6. The third-order valence-electron chi connectivity index (χ3n) is 12.8. The van der Waals surface area contributed by atoms with E-state index in [4.69, 9.17) is 36.1 Å². The molecule has 2 fully saturated rings. The van der Waals surface area contributed by atoms with E-state index < -0.39 is 19.8 Å². The fraction of sp³-hybridized carbons (Fsp3) is 0.304. The molecule has 2 aliphatic carbocycles. The average Bonchev–Trinajstić information content (AvgIpc) is 3.98. The second kappa shape index (κ2) is 13.5. The van der Waals surface area contributed by atoms with E-state index in [0.717, 1.165) is 92.1 Å². The Morgan fingerprint density at radius 2 is 0.789 bits per heavy atom. The molecule has 10 nitrogen and oxygen atoms in total. The topological polar surface area (TPSA) is 102 Å². The van der Waals surface area contributed by atoms with Gasteiger partial charge in [0.05, 0.1) is 0 Å².